The van der Waals surface area contributed by atoms with Gasteiger partial charge in [0, 0.05) is 28.0 Å². The van der Waals surface area contributed by atoms with Gasteiger partial charge in [-0.3, -0.25) is 9.48 Å². The van der Waals surface area contributed by atoms with Gasteiger partial charge in [-0.25, -0.2) is 0 Å². The molecule has 0 bridgehead atoms. The van der Waals surface area contributed by atoms with E-state index in [9.17, 15) is 4.79 Å². The number of benzene rings is 2. The second-order valence-corrected chi connectivity index (χ2v) is 7.55. The highest BCUT2D eigenvalue weighted by Gasteiger charge is 2.21. The number of halogens is 2. The molecular formula is C20H16BrClN4O. The molecule has 7 heteroatoms. The van der Waals surface area contributed by atoms with E-state index < -0.39 is 0 Å². The van der Waals surface area contributed by atoms with Crippen molar-refractivity contribution in [2.45, 2.75) is 6.92 Å². The maximum atomic E-state index is 12.9. The number of rotatable bonds is 3. The third kappa shape index (κ3) is 3.15. The lowest BCUT2D eigenvalue weighted by molar-refractivity contribution is 0.102. The van der Waals surface area contributed by atoms with Gasteiger partial charge in [-0.2, -0.15) is 5.10 Å². The minimum absolute atomic E-state index is 0.308. The molecule has 4 rings (SSSR count). The summed E-state index contributed by atoms with van der Waals surface area (Å²) in [6.45, 7) is 1.92. The lowest BCUT2D eigenvalue weighted by atomic mass is 10.1. The zero-order chi connectivity index (χ0) is 19.1. The first-order chi connectivity index (χ1) is 13.0. The summed E-state index contributed by atoms with van der Waals surface area (Å²) in [7, 11) is 1.80. The lowest BCUT2D eigenvalue weighted by Crippen LogP contribution is -2.16. The number of anilines is 1. The molecular weight excluding hydrogens is 428 g/mol. The number of aromatic amines is 1. The van der Waals surface area contributed by atoms with Crippen LogP contribution in [0.15, 0.2) is 53.0 Å². The summed E-state index contributed by atoms with van der Waals surface area (Å²) in [5.74, 6) is 0.312. The molecule has 2 N–H and O–H groups in total. The second-order valence-electron chi connectivity index (χ2n) is 6.25. The number of aromatic nitrogens is 3. The molecule has 0 saturated carbocycles. The van der Waals surface area contributed by atoms with Crippen LogP contribution in [0, 0.1) is 6.92 Å². The Morgan fingerprint density at radius 3 is 2.59 bits per heavy atom. The van der Waals surface area contributed by atoms with Crippen molar-refractivity contribution in [3.63, 3.8) is 0 Å². The van der Waals surface area contributed by atoms with Gasteiger partial charge in [0.05, 0.1) is 10.7 Å². The highest BCUT2D eigenvalue weighted by atomic mass is 79.9. The van der Waals surface area contributed by atoms with Crippen molar-refractivity contribution in [2.75, 3.05) is 5.32 Å². The van der Waals surface area contributed by atoms with Gasteiger partial charge in [0.25, 0.3) is 5.91 Å². The van der Waals surface area contributed by atoms with Crippen LogP contribution < -0.4 is 5.32 Å². The van der Waals surface area contributed by atoms with Crippen molar-refractivity contribution in [3.8, 4) is 11.1 Å². The van der Waals surface area contributed by atoms with Crippen molar-refractivity contribution in [1.29, 1.82) is 0 Å². The van der Waals surface area contributed by atoms with Gasteiger partial charge in [0.2, 0.25) is 0 Å². The van der Waals surface area contributed by atoms with Crippen LogP contribution in [0.2, 0.25) is 5.02 Å². The molecule has 136 valence electrons. The Labute approximate surface area is 169 Å². The molecule has 0 saturated heterocycles. The first kappa shape index (κ1) is 17.8. The van der Waals surface area contributed by atoms with E-state index >= 15 is 0 Å². The van der Waals surface area contributed by atoms with Gasteiger partial charge < -0.3 is 10.3 Å². The number of hydrogen-bond donors (Lipinski definition) is 2. The molecule has 0 aliphatic rings. The van der Waals surface area contributed by atoms with Crippen LogP contribution >= 0.6 is 27.5 Å². The van der Waals surface area contributed by atoms with Crippen molar-refractivity contribution >= 4 is 50.2 Å². The largest absolute Gasteiger partial charge is 0.349 e. The molecule has 1 amide bonds. The fraction of sp³-hybridized carbons (Fsp3) is 0.100. The van der Waals surface area contributed by atoms with E-state index in [4.69, 9.17) is 11.6 Å². The maximum Gasteiger partial charge on any atom is 0.274 e. The monoisotopic (exact) mass is 442 g/mol. The average Bonchev–Trinajstić information content (AvgIpc) is 3.13. The van der Waals surface area contributed by atoms with Crippen LogP contribution in [-0.4, -0.2) is 20.7 Å². The summed E-state index contributed by atoms with van der Waals surface area (Å²) in [5, 5.41) is 8.66. The molecule has 27 heavy (non-hydrogen) atoms. The molecule has 0 unspecified atom stereocenters. The molecule has 2 aromatic heterocycles. The Hall–Kier alpha value is -2.57. The number of nitrogens with one attached hydrogen (secondary N) is 2. The van der Waals surface area contributed by atoms with Gasteiger partial charge in [-0.15, -0.1) is 0 Å². The molecule has 0 radical (unpaired) electrons. The standard InChI is InChI=1S/C20H16BrClN4O/c1-11-16(12-7-9-13(21)10-8-12)19(26(2)25-11)24-20(27)18-17(22)14-5-3-4-6-15(14)23-18/h3-10,23H,1-2H3,(H,24,27). The van der Waals surface area contributed by atoms with Gasteiger partial charge in [0.1, 0.15) is 11.5 Å². The Morgan fingerprint density at radius 2 is 1.89 bits per heavy atom. The van der Waals surface area contributed by atoms with Gasteiger partial charge in [-0.05, 0) is 30.7 Å². The zero-order valence-electron chi connectivity index (χ0n) is 14.7. The normalized spacial score (nSPS) is 11.1. The summed E-state index contributed by atoms with van der Waals surface area (Å²) >= 11 is 9.86. The number of para-hydroxylation sites is 1. The topological polar surface area (TPSA) is 62.7 Å². The summed E-state index contributed by atoms with van der Waals surface area (Å²) in [6.07, 6.45) is 0. The minimum Gasteiger partial charge on any atom is -0.349 e. The molecule has 5 nitrogen and oxygen atoms in total. The number of hydrogen-bond acceptors (Lipinski definition) is 2. The zero-order valence-corrected chi connectivity index (χ0v) is 17.0. The summed E-state index contributed by atoms with van der Waals surface area (Å²) in [5.41, 5.74) is 3.84. The summed E-state index contributed by atoms with van der Waals surface area (Å²) < 4.78 is 2.66. The summed E-state index contributed by atoms with van der Waals surface area (Å²) in [4.78, 5) is 16.0. The smallest absolute Gasteiger partial charge is 0.274 e. The third-order valence-electron chi connectivity index (χ3n) is 4.46. The number of fused-ring (bicyclic) bond motifs is 1. The fourth-order valence-electron chi connectivity index (χ4n) is 3.20. The first-order valence-corrected chi connectivity index (χ1v) is 9.50. The fourth-order valence-corrected chi connectivity index (χ4v) is 3.76. The van der Waals surface area contributed by atoms with Crippen LogP contribution in [0.5, 0.6) is 0 Å². The van der Waals surface area contributed by atoms with Crippen LogP contribution in [0.25, 0.3) is 22.0 Å². The molecule has 0 spiro atoms. The molecule has 2 heterocycles. The number of nitrogens with zero attached hydrogens (tertiary/aromatic N) is 2. The SMILES string of the molecule is Cc1nn(C)c(NC(=O)c2[nH]c3ccccc3c2Cl)c1-c1ccc(Br)cc1. The number of aryl methyl sites for hydroxylation is 2. The maximum absolute atomic E-state index is 12.9. The van der Waals surface area contributed by atoms with E-state index in [2.05, 4.69) is 31.3 Å². The van der Waals surface area contributed by atoms with E-state index in [-0.39, 0.29) is 5.91 Å². The van der Waals surface area contributed by atoms with Crippen molar-refractivity contribution < 1.29 is 4.79 Å². The van der Waals surface area contributed by atoms with E-state index in [0.29, 0.717) is 16.5 Å². The van der Waals surface area contributed by atoms with E-state index in [1.54, 1.807) is 11.7 Å². The molecule has 0 atom stereocenters. The predicted molar refractivity (Wildman–Crippen MR) is 112 cm³/mol. The van der Waals surface area contributed by atoms with E-state index in [1.807, 2.05) is 55.5 Å². The molecule has 2 aromatic carbocycles. The molecule has 4 aromatic rings. The predicted octanol–water partition coefficient (Wildman–Crippen LogP) is 5.55. The van der Waals surface area contributed by atoms with Crippen LogP contribution in [0.1, 0.15) is 16.2 Å². The van der Waals surface area contributed by atoms with Crippen LogP contribution in [0.3, 0.4) is 0 Å². The Kier molecular flexibility index (Phi) is 4.53. The Bertz CT molecular complexity index is 1160. The minimum atomic E-state index is -0.308. The van der Waals surface area contributed by atoms with Crippen LogP contribution in [0.4, 0.5) is 5.82 Å². The van der Waals surface area contributed by atoms with Crippen LogP contribution in [-0.2, 0) is 7.05 Å². The number of carbonyl (C=O) groups excluding carboxylic acids is 1. The number of amides is 1. The number of carbonyl (C=O) groups is 1. The van der Waals surface area contributed by atoms with E-state index in [0.717, 1.165) is 32.2 Å². The van der Waals surface area contributed by atoms with Crippen molar-refractivity contribution in [1.82, 2.24) is 14.8 Å². The molecule has 0 fully saturated rings. The quantitative estimate of drug-likeness (QED) is 0.436. The summed E-state index contributed by atoms with van der Waals surface area (Å²) in [6, 6.07) is 15.4. The highest BCUT2D eigenvalue weighted by molar-refractivity contribution is 9.10. The molecule has 0 aliphatic heterocycles. The van der Waals surface area contributed by atoms with Gasteiger partial charge >= 0.3 is 0 Å². The third-order valence-corrected chi connectivity index (χ3v) is 5.38. The second kappa shape index (κ2) is 6.87. The van der Waals surface area contributed by atoms with Crippen molar-refractivity contribution in [2.24, 2.45) is 7.05 Å². The average molecular weight is 444 g/mol. The Balaban J connectivity index is 1.75. The lowest BCUT2D eigenvalue weighted by Gasteiger charge is -2.09. The van der Waals surface area contributed by atoms with Crippen molar-refractivity contribution in [3.05, 3.63) is 69.4 Å². The van der Waals surface area contributed by atoms with Gasteiger partial charge in [-0.1, -0.05) is 57.9 Å². The van der Waals surface area contributed by atoms with Gasteiger partial charge in [0.15, 0.2) is 0 Å². The van der Waals surface area contributed by atoms with E-state index in [1.165, 1.54) is 0 Å². The Morgan fingerprint density at radius 1 is 1.19 bits per heavy atom. The first-order valence-electron chi connectivity index (χ1n) is 8.33. The molecule has 0 aliphatic carbocycles. The highest BCUT2D eigenvalue weighted by Crippen LogP contribution is 2.33. The number of H-pyrrole nitrogens is 1.